The van der Waals surface area contributed by atoms with Crippen molar-refractivity contribution in [2.24, 2.45) is 50.2 Å². The molecule has 24 atom stereocenters. The van der Waals surface area contributed by atoms with Gasteiger partial charge in [-0.1, -0.05) is 67.0 Å². The Labute approximate surface area is 389 Å². The minimum atomic E-state index is -1.89. The van der Waals surface area contributed by atoms with Crippen molar-refractivity contribution in [2.45, 2.75) is 224 Å². The van der Waals surface area contributed by atoms with Crippen molar-refractivity contribution in [3.63, 3.8) is 0 Å². The number of rotatable bonds is 8. The molecule has 17 heteroatoms. The molecule has 7 fully saturated rings. The third-order valence-corrected chi connectivity index (χ3v) is 19.5. The van der Waals surface area contributed by atoms with Crippen LogP contribution < -0.4 is 0 Å². The molecule has 0 aromatic rings. The van der Waals surface area contributed by atoms with E-state index in [1.165, 1.54) is 6.92 Å². The molecule has 5 aliphatic carbocycles. The molecule has 3 heterocycles. The second-order valence-corrected chi connectivity index (χ2v) is 23.9. The molecular weight excluding hydrogens is 861 g/mol. The van der Waals surface area contributed by atoms with Gasteiger partial charge in [0.2, 0.25) is 0 Å². The van der Waals surface area contributed by atoms with Gasteiger partial charge in [0.1, 0.15) is 61.0 Å². The predicted molar refractivity (Wildman–Crippen MR) is 234 cm³/mol. The van der Waals surface area contributed by atoms with E-state index < -0.39 is 116 Å². The van der Waals surface area contributed by atoms with Crippen LogP contribution in [0.4, 0.5) is 0 Å². The SMILES string of the molecule is COC(=O)[C@H]1O[C@@H](O[C@H]2CC[C@@]3(C)C(CC[C@]4(C)[C@@H]3CC=C3[C@@H]5CC(C)(C)C[C@@H](O)[C@]5(C)CC[C@]34C)C2(C)C)[C@H](O[C@@H]2O[C@H](CO)[C@H](O)[C@H](O)[C@H]2O[C@@H]2O[C@@H](C)[C@H](O)[C@@H](O)[C@H]2O)[C@@H](O)[C@@H]1O. The van der Waals surface area contributed by atoms with Gasteiger partial charge in [-0.05, 0) is 110 Å². The molecule has 3 saturated heterocycles. The van der Waals surface area contributed by atoms with Crippen molar-refractivity contribution in [2.75, 3.05) is 13.7 Å². The average molecular weight is 941 g/mol. The van der Waals surface area contributed by atoms with Crippen LogP contribution in [0, 0.1) is 50.2 Å². The normalized spacial score (nSPS) is 54.4. The van der Waals surface area contributed by atoms with Crippen molar-refractivity contribution < 1.29 is 83.9 Å². The molecular formula is C49H80O17. The van der Waals surface area contributed by atoms with Gasteiger partial charge in [-0.15, -0.1) is 0 Å². The van der Waals surface area contributed by atoms with E-state index in [4.69, 9.17) is 33.2 Å². The van der Waals surface area contributed by atoms with Crippen molar-refractivity contribution in [3.05, 3.63) is 11.6 Å². The Balaban J connectivity index is 1.07. The maximum absolute atomic E-state index is 13.0. The lowest BCUT2D eigenvalue weighted by Crippen LogP contribution is -2.68. The zero-order valence-electron chi connectivity index (χ0n) is 40.5. The minimum absolute atomic E-state index is 0.0111. The zero-order valence-corrected chi connectivity index (χ0v) is 40.5. The topological polar surface area (TPSA) is 264 Å². The van der Waals surface area contributed by atoms with Crippen LogP contribution in [-0.4, -0.2) is 170 Å². The molecule has 378 valence electrons. The first kappa shape index (κ1) is 51.0. The van der Waals surface area contributed by atoms with Crippen LogP contribution in [0.1, 0.15) is 120 Å². The molecule has 0 radical (unpaired) electrons. The van der Waals surface area contributed by atoms with Crippen molar-refractivity contribution in [3.8, 4) is 0 Å². The maximum Gasteiger partial charge on any atom is 0.337 e. The van der Waals surface area contributed by atoms with Crippen molar-refractivity contribution >= 4 is 5.97 Å². The number of carbonyl (C=O) groups excluding carboxylic acids is 1. The number of allylic oxidation sites excluding steroid dienone is 2. The fourth-order valence-corrected chi connectivity index (χ4v) is 15.2. The summed E-state index contributed by atoms with van der Waals surface area (Å²) in [5.41, 5.74) is 0.860. The lowest BCUT2D eigenvalue weighted by molar-refractivity contribution is -0.395. The second kappa shape index (κ2) is 17.7. The second-order valence-electron chi connectivity index (χ2n) is 23.9. The highest BCUT2D eigenvalue weighted by Crippen LogP contribution is 2.76. The van der Waals surface area contributed by atoms with Gasteiger partial charge < -0.3 is 79.1 Å². The highest BCUT2D eigenvalue weighted by Gasteiger charge is 2.69. The Bertz CT molecular complexity index is 1810. The van der Waals surface area contributed by atoms with Gasteiger partial charge in [-0.25, -0.2) is 4.79 Å². The number of esters is 1. The minimum Gasteiger partial charge on any atom is -0.467 e. The summed E-state index contributed by atoms with van der Waals surface area (Å²) in [7, 11) is 1.12. The van der Waals surface area contributed by atoms with Crippen LogP contribution in [0.3, 0.4) is 0 Å². The van der Waals surface area contributed by atoms with Gasteiger partial charge in [-0.3, -0.25) is 0 Å². The Kier molecular flexibility index (Phi) is 13.7. The number of fused-ring (bicyclic) bond motifs is 7. The molecule has 0 bridgehead atoms. The Morgan fingerprint density at radius 2 is 1.30 bits per heavy atom. The third kappa shape index (κ3) is 7.88. The zero-order chi connectivity index (χ0) is 48.4. The molecule has 9 N–H and O–H groups in total. The van der Waals surface area contributed by atoms with Gasteiger partial charge in [-0.2, -0.15) is 0 Å². The first-order valence-electron chi connectivity index (χ1n) is 24.5. The van der Waals surface area contributed by atoms with Crippen molar-refractivity contribution in [1.29, 1.82) is 0 Å². The van der Waals surface area contributed by atoms with Gasteiger partial charge in [0.15, 0.2) is 25.0 Å². The standard InChI is InChI=1S/C49H80O17/c1-22-30(52)32(54)36(58)41(61-22)65-38-33(55)31(53)25(21-50)62-42(38)66-39-35(57)34(56)37(40(59)60-10)64-43(39)63-29-14-15-47(7)26(45(29,4)5)13-16-49(9)27(47)12-11-23-24-19-44(2,3)20-28(51)46(24,6)17-18-48(23,49)8/h11,22,24-39,41-43,50-58H,12-21H2,1-10H3/t22-,24-,25+,26?,27+,28+,29-,30-,31-,32+,33-,34-,35-,36+,37-,38+,39+,41-,42-,43+,46+,47-,48+,49+/m0/s1. The van der Waals surface area contributed by atoms with Crippen molar-refractivity contribution in [1.82, 2.24) is 0 Å². The molecule has 0 aromatic heterocycles. The van der Waals surface area contributed by atoms with E-state index in [2.05, 4.69) is 61.5 Å². The lowest BCUT2D eigenvalue weighted by Gasteiger charge is -2.71. The van der Waals surface area contributed by atoms with Crippen LogP contribution in [-0.2, 0) is 38.0 Å². The number of methoxy groups -OCH3 is 1. The third-order valence-electron chi connectivity index (χ3n) is 19.5. The Morgan fingerprint density at radius 1 is 0.667 bits per heavy atom. The molecule has 1 unspecified atom stereocenters. The number of aliphatic hydroxyl groups excluding tert-OH is 9. The molecule has 4 saturated carbocycles. The summed E-state index contributed by atoms with van der Waals surface area (Å²) in [6.45, 7) is 19.4. The first-order valence-corrected chi connectivity index (χ1v) is 24.5. The largest absolute Gasteiger partial charge is 0.467 e. The van der Waals surface area contributed by atoms with Crippen LogP contribution >= 0.6 is 0 Å². The van der Waals surface area contributed by atoms with Gasteiger partial charge in [0.25, 0.3) is 0 Å². The average Bonchev–Trinajstić information content (AvgIpc) is 3.25. The molecule has 17 nitrogen and oxygen atoms in total. The molecule has 0 spiro atoms. The molecule has 0 amide bonds. The van der Waals surface area contributed by atoms with Gasteiger partial charge in [0.05, 0.1) is 32.0 Å². The monoisotopic (exact) mass is 941 g/mol. The number of carbonyl (C=O) groups is 1. The van der Waals surface area contributed by atoms with E-state index in [0.29, 0.717) is 18.3 Å². The molecule has 0 aromatic carbocycles. The molecule has 8 aliphatic rings. The summed E-state index contributed by atoms with van der Waals surface area (Å²) >= 11 is 0. The van der Waals surface area contributed by atoms with E-state index in [9.17, 15) is 50.8 Å². The number of hydrogen-bond acceptors (Lipinski definition) is 17. The highest BCUT2D eigenvalue weighted by molar-refractivity contribution is 5.75. The Hall–Kier alpha value is -1.39. The first-order chi connectivity index (χ1) is 30.7. The van der Waals surface area contributed by atoms with Crippen LogP contribution in [0.2, 0.25) is 0 Å². The fourth-order valence-electron chi connectivity index (χ4n) is 15.2. The predicted octanol–water partition coefficient (Wildman–Crippen LogP) is 1.82. The molecule has 66 heavy (non-hydrogen) atoms. The quantitative estimate of drug-likeness (QED) is 0.0955. The molecule has 8 rings (SSSR count). The van der Waals surface area contributed by atoms with Crippen LogP contribution in [0.5, 0.6) is 0 Å². The summed E-state index contributed by atoms with van der Waals surface area (Å²) in [4.78, 5) is 13.0. The van der Waals surface area contributed by atoms with Gasteiger partial charge in [0, 0.05) is 5.41 Å². The van der Waals surface area contributed by atoms with E-state index in [1.807, 2.05) is 0 Å². The summed E-state index contributed by atoms with van der Waals surface area (Å²) in [5, 5.41) is 98.7. The molecule has 3 aliphatic heterocycles. The summed E-state index contributed by atoms with van der Waals surface area (Å²) in [6.07, 6.45) is -14.9. The summed E-state index contributed by atoms with van der Waals surface area (Å²) in [6, 6.07) is 0. The lowest BCUT2D eigenvalue weighted by atomic mass is 9.33. The number of hydrogen-bond donors (Lipinski definition) is 9. The smallest absolute Gasteiger partial charge is 0.337 e. The van der Waals surface area contributed by atoms with E-state index in [0.717, 1.165) is 58.5 Å². The van der Waals surface area contributed by atoms with E-state index in [-0.39, 0.29) is 39.1 Å². The van der Waals surface area contributed by atoms with E-state index >= 15 is 0 Å². The fraction of sp³-hybridized carbons (Fsp3) is 0.939. The highest BCUT2D eigenvalue weighted by atomic mass is 16.8. The van der Waals surface area contributed by atoms with Crippen LogP contribution in [0.25, 0.3) is 0 Å². The number of ether oxygens (including phenoxy) is 7. The Morgan fingerprint density at radius 3 is 1.95 bits per heavy atom. The maximum atomic E-state index is 13.0. The number of aliphatic hydroxyl groups is 9. The summed E-state index contributed by atoms with van der Waals surface area (Å²) in [5.74, 6) is -0.0877. The van der Waals surface area contributed by atoms with Gasteiger partial charge >= 0.3 is 5.97 Å². The summed E-state index contributed by atoms with van der Waals surface area (Å²) < 4.78 is 41.8. The van der Waals surface area contributed by atoms with Crippen LogP contribution in [0.15, 0.2) is 11.6 Å². The van der Waals surface area contributed by atoms with E-state index in [1.54, 1.807) is 5.57 Å².